The van der Waals surface area contributed by atoms with Crippen molar-refractivity contribution in [2.24, 2.45) is 17.9 Å². The minimum absolute atomic E-state index is 0.0808. The van der Waals surface area contributed by atoms with Gasteiger partial charge in [-0.25, -0.2) is 0 Å². The van der Waals surface area contributed by atoms with E-state index in [1.165, 1.54) is 4.80 Å². The van der Waals surface area contributed by atoms with Gasteiger partial charge in [-0.15, -0.1) is 10.2 Å². The fraction of sp³-hybridized carbons (Fsp3) is 0.167. The zero-order chi connectivity index (χ0) is 14.1. The summed E-state index contributed by atoms with van der Waals surface area (Å²) in [5, 5.41) is 24.7. The quantitative estimate of drug-likeness (QED) is 0.308. The molecule has 0 atom stereocenters. The van der Waals surface area contributed by atoms with Gasteiger partial charge < -0.3 is 15.5 Å². The van der Waals surface area contributed by atoms with Gasteiger partial charge in [0.25, 0.3) is 0 Å². The summed E-state index contributed by atoms with van der Waals surface area (Å²) in [7, 11) is 1.72. The lowest BCUT2D eigenvalue weighted by Crippen LogP contribution is -2.13. The number of amidine groups is 1. The molecule has 0 radical (unpaired) electrons. The van der Waals surface area contributed by atoms with Crippen molar-refractivity contribution in [2.75, 3.05) is 0 Å². The molecule has 0 aliphatic rings. The van der Waals surface area contributed by atoms with Crippen LogP contribution in [0.1, 0.15) is 11.4 Å². The van der Waals surface area contributed by atoms with Crippen LogP contribution >= 0.6 is 0 Å². The summed E-state index contributed by atoms with van der Waals surface area (Å²) in [5.74, 6) is 0.705. The van der Waals surface area contributed by atoms with Gasteiger partial charge in [0.1, 0.15) is 0 Å². The highest BCUT2D eigenvalue weighted by atomic mass is 16.4. The number of benzene rings is 1. The monoisotopic (exact) mass is 271 g/mol. The van der Waals surface area contributed by atoms with E-state index in [2.05, 4.69) is 20.6 Å². The van der Waals surface area contributed by atoms with Crippen LogP contribution in [0.15, 0.2) is 35.6 Å². The van der Waals surface area contributed by atoms with E-state index in [0.29, 0.717) is 17.9 Å². The van der Waals surface area contributed by atoms with Gasteiger partial charge in [-0.05, 0) is 22.7 Å². The first-order valence-corrected chi connectivity index (χ1v) is 5.97. The number of nitrogens with two attached hydrogens (primary N) is 1. The zero-order valence-electron chi connectivity index (χ0n) is 10.8. The minimum atomic E-state index is 0.0808. The number of nitrogens with zero attached hydrogens (tertiary/aromatic N) is 6. The van der Waals surface area contributed by atoms with E-state index >= 15 is 0 Å². The molecule has 0 aliphatic carbocycles. The van der Waals surface area contributed by atoms with Crippen molar-refractivity contribution in [1.82, 2.24) is 24.8 Å². The summed E-state index contributed by atoms with van der Waals surface area (Å²) in [5.41, 5.74) is 7.23. The van der Waals surface area contributed by atoms with Crippen molar-refractivity contribution < 1.29 is 5.21 Å². The van der Waals surface area contributed by atoms with Crippen LogP contribution in [0.3, 0.4) is 0 Å². The molecule has 1 aromatic carbocycles. The van der Waals surface area contributed by atoms with E-state index in [9.17, 15) is 0 Å². The molecule has 20 heavy (non-hydrogen) atoms. The number of fused-ring (bicyclic) bond motifs is 1. The summed E-state index contributed by atoms with van der Waals surface area (Å²) in [6.07, 6.45) is 1.94. The number of tetrazole rings is 1. The van der Waals surface area contributed by atoms with Gasteiger partial charge in [0.2, 0.25) is 0 Å². The topological polar surface area (TPSA) is 107 Å². The number of aryl methyl sites for hydroxylation is 1. The average molecular weight is 271 g/mol. The molecule has 0 aliphatic heterocycles. The highest BCUT2D eigenvalue weighted by molar-refractivity contribution is 6.00. The molecule has 8 nitrogen and oxygen atoms in total. The Morgan fingerprint density at radius 1 is 1.40 bits per heavy atom. The van der Waals surface area contributed by atoms with Crippen LogP contribution in [0.2, 0.25) is 0 Å². The fourth-order valence-corrected chi connectivity index (χ4v) is 2.08. The van der Waals surface area contributed by atoms with E-state index in [1.807, 2.05) is 35.0 Å². The van der Waals surface area contributed by atoms with Crippen LogP contribution in [0.4, 0.5) is 0 Å². The lowest BCUT2D eigenvalue weighted by molar-refractivity contribution is 0.318. The van der Waals surface area contributed by atoms with Crippen molar-refractivity contribution in [1.29, 1.82) is 0 Å². The molecule has 0 unspecified atom stereocenters. The second kappa shape index (κ2) is 4.65. The first-order valence-electron chi connectivity index (χ1n) is 5.97. The predicted molar refractivity (Wildman–Crippen MR) is 72.3 cm³/mol. The normalized spacial score (nSPS) is 12.2. The third kappa shape index (κ3) is 2.07. The van der Waals surface area contributed by atoms with Gasteiger partial charge in [-0.3, -0.25) is 0 Å². The van der Waals surface area contributed by atoms with Crippen molar-refractivity contribution in [2.45, 2.75) is 6.54 Å². The third-order valence-corrected chi connectivity index (χ3v) is 3.04. The van der Waals surface area contributed by atoms with Crippen molar-refractivity contribution >= 4 is 16.7 Å². The molecule has 3 N–H and O–H groups in total. The number of aromatic nitrogens is 5. The van der Waals surface area contributed by atoms with Crippen LogP contribution in [-0.4, -0.2) is 35.8 Å². The van der Waals surface area contributed by atoms with Crippen LogP contribution < -0.4 is 5.73 Å². The second-order valence-electron chi connectivity index (χ2n) is 4.40. The smallest absolute Gasteiger partial charge is 0.194 e. The molecule has 0 spiro atoms. The van der Waals surface area contributed by atoms with Crippen LogP contribution in [0.5, 0.6) is 0 Å². The molecule has 0 saturated carbocycles. The summed E-state index contributed by atoms with van der Waals surface area (Å²) in [6, 6.07) is 7.58. The van der Waals surface area contributed by atoms with Crippen molar-refractivity contribution in [3.05, 3.63) is 41.9 Å². The summed E-state index contributed by atoms with van der Waals surface area (Å²) >= 11 is 0. The van der Waals surface area contributed by atoms with Crippen molar-refractivity contribution in [3.63, 3.8) is 0 Å². The maximum atomic E-state index is 8.74. The first-order chi connectivity index (χ1) is 9.67. The van der Waals surface area contributed by atoms with Crippen LogP contribution in [0, 0.1) is 0 Å². The molecule has 102 valence electrons. The van der Waals surface area contributed by atoms with E-state index in [4.69, 9.17) is 10.9 Å². The number of rotatable bonds is 3. The Morgan fingerprint density at radius 2 is 2.25 bits per heavy atom. The predicted octanol–water partition coefficient (Wildman–Crippen LogP) is 0.308. The average Bonchev–Trinajstić information content (AvgIpc) is 3.05. The van der Waals surface area contributed by atoms with Gasteiger partial charge in [0, 0.05) is 17.3 Å². The lowest BCUT2D eigenvalue weighted by atomic mass is 10.1. The fourth-order valence-electron chi connectivity index (χ4n) is 2.08. The maximum Gasteiger partial charge on any atom is 0.194 e. The summed E-state index contributed by atoms with van der Waals surface area (Å²) in [4.78, 5) is 1.42. The van der Waals surface area contributed by atoms with Crippen LogP contribution in [0.25, 0.3) is 10.9 Å². The SMILES string of the molecule is Cn1nnc(Cn2ccc3ccc(/C(N)=N/O)cc32)n1. The lowest BCUT2D eigenvalue weighted by Gasteiger charge is -2.04. The molecule has 2 heterocycles. The van der Waals surface area contributed by atoms with Gasteiger partial charge in [-0.1, -0.05) is 17.3 Å². The molecule has 8 heteroatoms. The van der Waals surface area contributed by atoms with Crippen LogP contribution in [-0.2, 0) is 13.6 Å². The third-order valence-electron chi connectivity index (χ3n) is 3.04. The van der Waals surface area contributed by atoms with E-state index in [1.54, 1.807) is 7.05 Å². The molecule has 3 aromatic rings. The van der Waals surface area contributed by atoms with E-state index < -0.39 is 0 Å². The zero-order valence-corrected chi connectivity index (χ0v) is 10.8. The molecule has 0 fully saturated rings. The Balaban J connectivity index is 2.02. The Bertz CT molecular complexity index is 786. The summed E-state index contributed by atoms with van der Waals surface area (Å²) in [6.45, 7) is 0.511. The second-order valence-corrected chi connectivity index (χ2v) is 4.40. The number of hydrogen-bond donors (Lipinski definition) is 2. The summed E-state index contributed by atoms with van der Waals surface area (Å²) < 4.78 is 1.99. The largest absolute Gasteiger partial charge is 0.409 e. The van der Waals surface area contributed by atoms with E-state index in [0.717, 1.165) is 10.9 Å². The molecule has 0 bridgehead atoms. The Labute approximate surface area is 114 Å². The first kappa shape index (κ1) is 12.2. The standard InChI is InChI=1S/C12H13N7O/c1-18-15-11(14-17-18)7-19-5-4-8-2-3-9(6-10(8)19)12(13)16-20/h2-6,20H,7H2,1H3,(H2,13,16). The molecular formula is C12H13N7O. The molecule has 2 aromatic heterocycles. The Hall–Kier alpha value is -2.90. The molecule has 0 saturated heterocycles. The minimum Gasteiger partial charge on any atom is -0.409 e. The van der Waals surface area contributed by atoms with Gasteiger partial charge in [-0.2, -0.15) is 4.80 Å². The number of hydrogen-bond acceptors (Lipinski definition) is 5. The highest BCUT2D eigenvalue weighted by Crippen LogP contribution is 2.18. The van der Waals surface area contributed by atoms with Gasteiger partial charge >= 0.3 is 0 Å². The Morgan fingerprint density at radius 3 is 2.95 bits per heavy atom. The molecular weight excluding hydrogens is 258 g/mol. The van der Waals surface area contributed by atoms with E-state index in [-0.39, 0.29) is 5.84 Å². The Kier molecular flexibility index (Phi) is 2.82. The molecule has 3 rings (SSSR count). The maximum absolute atomic E-state index is 8.74. The van der Waals surface area contributed by atoms with Gasteiger partial charge in [0.05, 0.1) is 13.6 Å². The highest BCUT2D eigenvalue weighted by Gasteiger charge is 2.08. The molecule has 0 amide bonds. The van der Waals surface area contributed by atoms with Crippen molar-refractivity contribution in [3.8, 4) is 0 Å². The van der Waals surface area contributed by atoms with Gasteiger partial charge in [0.15, 0.2) is 11.7 Å². The number of oxime groups is 1.